The van der Waals surface area contributed by atoms with Crippen LogP contribution < -0.4 is 12.4 Å². The third-order valence-corrected chi connectivity index (χ3v) is 1.09. The van der Waals surface area contributed by atoms with Crippen LogP contribution in [0.25, 0.3) is 0 Å². The molecule has 0 rings (SSSR count). The van der Waals surface area contributed by atoms with E-state index in [4.69, 9.17) is 0 Å². The number of halogens is 1. The Balaban J connectivity index is 0. The second-order valence-corrected chi connectivity index (χ2v) is 1.90. The van der Waals surface area contributed by atoms with Gasteiger partial charge in [0.1, 0.15) is 0 Å². The summed E-state index contributed by atoms with van der Waals surface area (Å²) >= 11 is -1.04. The first kappa shape index (κ1) is 11.4. The third-order valence-electron chi connectivity index (χ3n) is 0.642. The van der Waals surface area contributed by atoms with Gasteiger partial charge >= 0.3 is 50.3 Å². The van der Waals surface area contributed by atoms with Crippen LogP contribution in [0.2, 0.25) is 0 Å². The minimum Gasteiger partial charge on any atom is -1.00 e. The van der Waals surface area contributed by atoms with Gasteiger partial charge in [-0.1, -0.05) is 0 Å². The molecule has 8 heavy (non-hydrogen) atoms. The predicted octanol–water partition coefficient (Wildman–Crippen LogP) is -1.85. The van der Waals surface area contributed by atoms with Crippen molar-refractivity contribution in [3.8, 4) is 0 Å². The molecule has 0 atom stereocenters. The average Bonchev–Trinajstić information content (AvgIpc) is 1.69. The van der Waals surface area contributed by atoms with Crippen molar-refractivity contribution in [1.29, 1.82) is 0 Å². The largest absolute Gasteiger partial charge is 1.00 e. The molecule has 2 nitrogen and oxygen atoms in total. The Labute approximate surface area is 63.1 Å². The zero-order chi connectivity index (χ0) is 5.54. The molecule has 0 N–H and O–H groups in total. The first-order valence-electron chi connectivity index (χ1n) is 2.36. The van der Waals surface area contributed by atoms with Crippen LogP contribution in [-0.2, 0) is 23.9 Å². The van der Waals surface area contributed by atoms with Crippen LogP contribution in [0.5, 0.6) is 0 Å². The zero-order valence-electron chi connectivity index (χ0n) is 4.76. The van der Waals surface area contributed by atoms with Crippen LogP contribution in [0.1, 0.15) is 19.8 Å². The Hall–Kier alpha value is 0.634. The molecule has 0 aromatic carbocycles. The second-order valence-electron chi connectivity index (χ2n) is 1.26. The summed E-state index contributed by atoms with van der Waals surface area (Å²) in [6, 6.07) is 0. The van der Waals surface area contributed by atoms with Crippen molar-refractivity contribution in [1.82, 2.24) is 0 Å². The number of hydrogen-bond donors (Lipinski definition) is 0. The summed E-state index contributed by atoms with van der Waals surface area (Å²) in [5.41, 5.74) is 0. The van der Waals surface area contributed by atoms with E-state index in [0.29, 0.717) is 6.61 Å². The van der Waals surface area contributed by atoms with Crippen molar-refractivity contribution in [2.75, 3.05) is 6.61 Å². The minimum atomic E-state index is -1.04. The van der Waals surface area contributed by atoms with Gasteiger partial charge in [0.15, 0.2) is 0 Å². The molecular weight excluding hydrogens is 166 g/mol. The Morgan fingerprint density at radius 3 is 2.62 bits per heavy atom. The van der Waals surface area contributed by atoms with Crippen LogP contribution >= 0.6 is 0 Å². The maximum absolute atomic E-state index is 9.68. The fraction of sp³-hybridized carbons (Fsp3) is 1.00. The van der Waals surface area contributed by atoms with E-state index in [2.05, 4.69) is 10.6 Å². The topological polar surface area (TPSA) is 26.3 Å². The molecule has 0 aliphatic heterocycles. The van der Waals surface area contributed by atoms with E-state index in [0.717, 1.165) is 12.8 Å². The van der Waals surface area contributed by atoms with Gasteiger partial charge in [-0.2, -0.15) is 0 Å². The van der Waals surface area contributed by atoms with E-state index < -0.39 is 16.6 Å². The average molecular weight is 176 g/mol. The molecule has 0 aromatic rings. The molecule has 0 amide bonds. The normalized spacial score (nSPS) is 7.12. The first-order valence-corrected chi connectivity index (χ1v) is 3.50. The van der Waals surface area contributed by atoms with E-state index in [9.17, 15) is 3.67 Å². The molecule has 4 heteroatoms. The molecule has 0 fully saturated rings. The monoisotopic (exact) mass is 175 g/mol. The zero-order valence-corrected chi connectivity index (χ0v) is 6.92. The Morgan fingerprint density at radius 1 is 1.62 bits per heavy atom. The predicted molar refractivity (Wildman–Crippen MR) is 21.5 cm³/mol. The molecule has 0 aromatic heterocycles. The van der Waals surface area contributed by atoms with Crippen molar-refractivity contribution >= 4 is 0 Å². The summed E-state index contributed by atoms with van der Waals surface area (Å²) < 4.78 is 14.3. The number of hydrogen-bond acceptors (Lipinski definition) is 2. The summed E-state index contributed by atoms with van der Waals surface area (Å²) in [4.78, 5) is 0. The Morgan fingerprint density at radius 2 is 2.25 bits per heavy atom. The van der Waals surface area contributed by atoms with Crippen LogP contribution in [0, 0.1) is 0 Å². The molecule has 0 spiro atoms. The van der Waals surface area contributed by atoms with Gasteiger partial charge < -0.3 is 12.4 Å². The smallest absolute Gasteiger partial charge is 1.00 e. The van der Waals surface area contributed by atoms with Crippen molar-refractivity contribution < 1.29 is 36.3 Å². The van der Waals surface area contributed by atoms with Crippen LogP contribution in [0.4, 0.5) is 0 Å². The summed E-state index contributed by atoms with van der Waals surface area (Å²) in [5.74, 6) is 0. The fourth-order valence-corrected chi connectivity index (χ4v) is 0.564. The van der Waals surface area contributed by atoms with Crippen molar-refractivity contribution in [2.45, 2.75) is 19.8 Å². The molecule has 0 saturated carbocycles. The van der Waals surface area contributed by atoms with Gasteiger partial charge in [-0.3, -0.25) is 0 Å². The SMILES string of the molecule is CCCC[O][V+]=[O].[Cl-]. The third kappa shape index (κ3) is 9.81. The maximum atomic E-state index is 9.68. The van der Waals surface area contributed by atoms with Gasteiger partial charge in [0, 0.05) is 0 Å². The van der Waals surface area contributed by atoms with Crippen LogP contribution in [-0.4, -0.2) is 6.61 Å². The van der Waals surface area contributed by atoms with Crippen LogP contribution in [0.3, 0.4) is 0 Å². The van der Waals surface area contributed by atoms with E-state index in [1.807, 2.05) is 0 Å². The Bertz CT molecular complexity index is 51.3. The summed E-state index contributed by atoms with van der Waals surface area (Å²) in [5, 5.41) is 0. The van der Waals surface area contributed by atoms with Gasteiger partial charge in [-0.25, -0.2) is 0 Å². The van der Waals surface area contributed by atoms with Gasteiger partial charge in [0.25, 0.3) is 0 Å². The molecule has 0 aliphatic carbocycles. The molecule has 0 saturated heterocycles. The van der Waals surface area contributed by atoms with E-state index in [1.165, 1.54) is 0 Å². The van der Waals surface area contributed by atoms with Gasteiger partial charge in [0.2, 0.25) is 0 Å². The fourth-order valence-electron chi connectivity index (χ4n) is 0.246. The molecule has 0 heterocycles. The number of rotatable bonds is 4. The molecule has 0 radical (unpaired) electrons. The number of unbranched alkanes of at least 4 members (excludes halogenated alkanes) is 1. The summed E-state index contributed by atoms with van der Waals surface area (Å²) in [6.45, 7) is 2.74. The van der Waals surface area contributed by atoms with E-state index in [1.54, 1.807) is 0 Å². The second kappa shape index (κ2) is 10.6. The summed E-state index contributed by atoms with van der Waals surface area (Å²) in [6.07, 6.45) is 2.14. The van der Waals surface area contributed by atoms with E-state index in [-0.39, 0.29) is 12.4 Å². The molecular formula is C4H9ClO2V. The van der Waals surface area contributed by atoms with Crippen molar-refractivity contribution in [3.05, 3.63) is 0 Å². The van der Waals surface area contributed by atoms with Crippen molar-refractivity contribution in [2.24, 2.45) is 0 Å². The minimum absolute atomic E-state index is 0. The molecule has 0 aliphatic rings. The quantitative estimate of drug-likeness (QED) is 0.469. The molecule has 0 bridgehead atoms. The van der Waals surface area contributed by atoms with Crippen LogP contribution in [0.15, 0.2) is 0 Å². The van der Waals surface area contributed by atoms with E-state index >= 15 is 0 Å². The summed E-state index contributed by atoms with van der Waals surface area (Å²) in [7, 11) is 0. The van der Waals surface area contributed by atoms with Gasteiger partial charge in [-0.05, 0) is 0 Å². The standard InChI is InChI=1S/C4H9O.ClH.O.V/c1-2-3-4-5;;;/h2-4H2,1H3;1H;;/q-1;;;+2/p-1. The van der Waals surface area contributed by atoms with Crippen molar-refractivity contribution in [3.63, 3.8) is 0 Å². The molecule has 0 unspecified atom stereocenters. The maximum Gasteiger partial charge on any atom is -1.00 e. The van der Waals surface area contributed by atoms with Gasteiger partial charge in [-0.15, -0.1) is 0 Å². The molecule has 49 valence electrons. The Kier molecular flexibility index (Phi) is 15.1. The van der Waals surface area contributed by atoms with Gasteiger partial charge in [0.05, 0.1) is 0 Å². The first-order chi connectivity index (χ1) is 3.41.